The second-order valence-electron chi connectivity index (χ2n) is 8.08. The van der Waals surface area contributed by atoms with E-state index >= 15 is 0 Å². The highest BCUT2D eigenvalue weighted by Gasteiger charge is 2.24. The predicted molar refractivity (Wildman–Crippen MR) is 125 cm³/mol. The molecule has 3 aromatic rings. The minimum absolute atomic E-state index is 0. The molecule has 9 heteroatoms. The quantitative estimate of drug-likeness (QED) is 0.583. The van der Waals surface area contributed by atoms with Gasteiger partial charge < -0.3 is 15.5 Å². The van der Waals surface area contributed by atoms with E-state index in [0.717, 1.165) is 54.5 Å². The van der Waals surface area contributed by atoms with Crippen molar-refractivity contribution < 1.29 is 13.6 Å². The zero-order valence-electron chi connectivity index (χ0n) is 17.9. The van der Waals surface area contributed by atoms with Gasteiger partial charge in [-0.1, -0.05) is 12.1 Å². The number of rotatable bonds is 5. The number of nitrogens with one attached hydrogen (secondary N) is 2. The number of aromatic nitrogens is 2. The van der Waals surface area contributed by atoms with Crippen molar-refractivity contribution >= 4 is 41.0 Å². The molecule has 0 unspecified atom stereocenters. The minimum Gasteiger partial charge on any atom is -0.362 e. The Hall–Kier alpha value is -3.00. The number of para-hydroxylation sites is 1. The van der Waals surface area contributed by atoms with Gasteiger partial charge in [0.05, 0.1) is 5.52 Å². The summed E-state index contributed by atoms with van der Waals surface area (Å²) in [5, 5.41) is 7.36. The fourth-order valence-corrected chi connectivity index (χ4v) is 3.94. The van der Waals surface area contributed by atoms with Crippen molar-refractivity contribution in [1.82, 2.24) is 15.3 Å². The first-order valence-corrected chi connectivity index (χ1v) is 10.4. The largest absolute Gasteiger partial charge is 0.362 e. The van der Waals surface area contributed by atoms with Crippen LogP contribution in [0.15, 0.2) is 42.5 Å². The van der Waals surface area contributed by atoms with Crippen LogP contribution in [0.25, 0.3) is 10.9 Å². The number of carbonyl (C=O) groups excluding carboxylic acids is 1. The number of anilines is 2. The Labute approximate surface area is 191 Å². The van der Waals surface area contributed by atoms with Gasteiger partial charge in [0.25, 0.3) is 5.91 Å². The number of amides is 1. The first kappa shape index (κ1) is 23.7. The number of hydrogen-bond acceptors (Lipinski definition) is 5. The number of nitrogens with zero attached hydrogens (tertiary/aromatic N) is 3. The summed E-state index contributed by atoms with van der Waals surface area (Å²) < 4.78 is 26.4. The summed E-state index contributed by atoms with van der Waals surface area (Å²) in [6, 6.07) is 11.3. The van der Waals surface area contributed by atoms with Gasteiger partial charge in [-0.2, -0.15) is 4.98 Å². The van der Waals surface area contributed by atoms with Crippen molar-refractivity contribution in [3.05, 3.63) is 59.7 Å². The summed E-state index contributed by atoms with van der Waals surface area (Å²) >= 11 is 0. The third-order valence-corrected chi connectivity index (χ3v) is 5.58. The van der Waals surface area contributed by atoms with E-state index in [1.165, 1.54) is 6.07 Å². The fraction of sp³-hybridized carbons (Fsp3) is 0.348. The van der Waals surface area contributed by atoms with Crippen LogP contribution in [0.4, 0.5) is 20.5 Å². The standard InChI is InChI=1S/C23H25F2N5O.ClH/c1-30(2)21-17-5-3-4-6-20(17)28-23(29-21)27-16-10-8-15(9-11-16)26-22(31)14-7-12-18(24)19(25)13-14;/h3-7,12-13,15-16H,8-11H2,1-2H3,(H,26,31)(H,27,28,29);1H/t15-,16+;. The Kier molecular flexibility index (Phi) is 7.45. The zero-order valence-corrected chi connectivity index (χ0v) is 18.8. The smallest absolute Gasteiger partial charge is 0.251 e. The second kappa shape index (κ2) is 10.1. The number of halogens is 3. The van der Waals surface area contributed by atoms with Gasteiger partial charge in [-0.3, -0.25) is 4.79 Å². The lowest BCUT2D eigenvalue weighted by Crippen LogP contribution is -2.40. The van der Waals surface area contributed by atoms with Crippen molar-refractivity contribution in [1.29, 1.82) is 0 Å². The maximum atomic E-state index is 13.4. The maximum Gasteiger partial charge on any atom is 0.251 e. The number of carbonyl (C=O) groups is 1. The number of benzene rings is 2. The van der Waals surface area contributed by atoms with E-state index in [0.29, 0.717) is 5.95 Å². The molecule has 2 N–H and O–H groups in total. The molecule has 4 rings (SSSR count). The normalized spacial score (nSPS) is 18.0. The summed E-state index contributed by atoms with van der Waals surface area (Å²) in [6.07, 6.45) is 3.24. The Balaban J connectivity index is 0.00000289. The minimum atomic E-state index is -1.02. The fourth-order valence-electron chi connectivity index (χ4n) is 3.94. The molecule has 0 atom stereocenters. The van der Waals surface area contributed by atoms with Crippen molar-refractivity contribution in [2.75, 3.05) is 24.3 Å². The molecule has 1 fully saturated rings. The molecular weight excluding hydrogens is 436 g/mol. The Morgan fingerprint density at radius 2 is 1.66 bits per heavy atom. The lowest BCUT2D eigenvalue weighted by Gasteiger charge is -2.30. The molecule has 0 bridgehead atoms. The predicted octanol–water partition coefficient (Wildman–Crippen LogP) is 4.55. The van der Waals surface area contributed by atoms with Gasteiger partial charge in [-0.25, -0.2) is 13.8 Å². The lowest BCUT2D eigenvalue weighted by molar-refractivity contribution is 0.0926. The van der Waals surface area contributed by atoms with Gasteiger partial charge in [0, 0.05) is 37.1 Å². The van der Waals surface area contributed by atoms with E-state index in [2.05, 4.69) is 20.6 Å². The van der Waals surface area contributed by atoms with Crippen LogP contribution in [-0.4, -0.2) is 42.1 Å². The molecule has 1 saturated carbocycles. The molecular formula is C23H26ClF2N5O. The summed E-state index contributed by atoms with van der Waals surface area (Å²) in [4.78, 5) is 23.6. The van der Waals surface area contributed by atoms with Crippen molar-refractivity contribution in [2.45, 2.75) is 37.8 Å². The maximum absolute atomic E-state index is 13.4. The van der Waals surface area contributed by atoms with Crippen LogP contribution in [-0.2, 0) is 0 Å². The van der Waals surface area contributed by atoms with E-state index < -0.39 is 11.6 Å². The molecule has 1 aliphatic rings. The van der Waals surface area contributed by atoms with Crippen LogP contribution in [0, 0.1) is 11.6 Å². The van der Waals surface area contributed by atoms with Gasteiger partial charge in [0.2, 0.25) is 5.95 Å². The Morgan fingerprint density at radius 1 is 0.969 bits per heavy atom. The highest BCUT2D eigenvalue weighted by molar-refractivity contribution is 5.94. The monoisotopic (exact) mass is 461 g/mol. The molecule has 0 spiro atoms. The molecule has 0 radical (unpaired) electrons. The van der Waals surface area contributed by atoms with Gasteiger partial charge in [0.1, 0.15) is 5.82 Å². The van der Waals surface area contributed by atoms with Gasteiger partial charge in [-0.05, 0) is 56.0 Å². The van der Waals surface area contributed by atoms with Crippen LogP contribution in [0.5, 0.6) is 0 Å². The summed E-state index contributed by atoms with van der Waals surface area (Å²) in [7, 11) is 3.92. The van der Waals surface area contributed by atoms with Crippen LogP contribution in [0.3, 0.4) is 0 Å². The third kappa shape index (κ3) is 5.24. The van der Waals surface area contributed by atoms with E-state index in [-0.39, 0.29) is 36.0 Å². The molecule has 0 aliphatic heterocycles. The van der Waals surface area contributed by atoms with Gasteiger partial charge in [-0.15, -0.1) is 12.4 Å². The highest BCUT2D eigenvalue weighted by atomic mass is 35.5. The molecule has 2 aromatic carbocycles. The number of fused-ring (bicyclic) bond motifs is 1. The molecule has 1 aromatic heterocycles. The highest BCUT2D eigenvalue weighted by Crippen LogP contribution is 2.26. The zero-order chi connectivity index (χ0) is 22.0. The van der Waals surface area contributed by atoms with Gasteiger partial charge >= 0.3 is 0 Å². The van der Waals surface area contributed by atoms with E-state index in [4.69, 9.17) is 0 Å². The Morgan fingerprint density at radius 3 is 2.34 bits per heavy atom. The van der Waals surface area contributed by atoms with E-state index in [9.17, 15) is 13.6 Å². The first-order chi connectivity index (χ1) is 14.9. The van der Waals surface area contributed by atoms with E-state index in [1.807, 2.05) is 43.3 Å². The molecule has 32 heavy (non-hydrogen) atoms. The molecule has 1 amide bonds. The van der Waals surface area contributed by atoms with Crippen molar-refractivity contribution in [2.24, 2.45) is 0 Å². The van der Waals surface area contributed by atoms with Crippen LogP contribution < -0.4 is 15.5 Å². The number of hydrogen-bond donors (Lipinski definition) is 2. The van der Waals surface area contributed by atoms with Crippen LogP contribution in [0.1, 0.15) is 36.0 Å². The molecule has 1 heterocycles. The van der Waals surface area contributed by atoms with Gasteiger partial charge in [0.15, 0.2) is 11.6 Å². The third-order valence-electron chi connectivity index (χ3n) is 5.58. The Bertz CT molecular complexity index is 1100. The van der Waals surface area contributed by atoms with Crippen molar-refractivity contribution in [3.63, 3.8) is 0 Å². The molecule has 6 nitrogen and oxygen atoms in total. The average Bonchev–Trinajstić information content (AvgIpc) is 2.76. The van der Waals surface area contributed by atoms with E-state index in [1.54, 1.807) is 0 Å². The summed E-state index contributed by atoms with van der Waals surface area (Å²) in [5.74, 6) is -0.912. The lowest BCUT2D eigenvalue weighted by atomic mass is 9.91. The topological polar surface area (TPSA) is 70.2 Å². The summed E-state index contributed by atoms with van der Waals surface area (Å²) in [5.41, 5.74) is 1.01. The van der Waals surface area contributed by atoms with Crippen LogP contribution in [0.2, 0.25) is 0 Å². The first-order valence-electron chi connectivity index (χ1n) is 10.4. The SMILES string of the molecule is CN(C)c1nc(N[C@H]2CC[C@@H](NC(=O)c3ccc(F)c(F)c3)CC2)nc2ccccc12.Cl. The molecule has 0 saturated heterocycles. The van der Waals surface area contributed by atoms with Crippen molar-refractivity contribution in [3.8, 4) is 0 Å². The van der Waals surface area contributed by atoms with Crippen LogP contribution >= 0.6 is 12.4 Å². The molecule has 170 valence electrons. The molecule has 1 aliphatic carbocycles. The summed E-state index contributed by atoms with van der Waals surface area (Å²) in [6.45, 7) is 0. The average molecular weight is 462 g/mol. The second-order valence-corrected chi connectivity index (χ2v) is 8.08.